The second-order valence-corrected chi connectivity index (χ2v) is 4.13. The second kappa shape index (κ2) is 6.69. The van der Waals surface area contributed by atoms with E-state index in [9.17, 15) is 13.6 Å². The molecule has 0 amide bonds. The van der Waals surface area contributed by atoms with Crippen molar-refractivity contribution in [3.8, 4) is 11.5 Å². The Labute approximate surface area is 119 Å². The zero-order valence-corrected chi connectivity index (χ0v) is 10.9. The lowest BCUT2D eigenvalue weighted by molar-refractivity contribution is 0.0697. The van der Waals surface area contributed by atoms with Crippen LogP contribution in [-0.2, 0) is 0 Å². The molecule has 2 aromatic rings. The van der Waals surface area contributed by atoms with Crippen LogP contribution in [0.5, 0.6) is 11.5 Å². The predicted molar refractivity (Wildman–Crippen MR) is 70.7 cm³/mol. The topological polar surface area (TPSA) is 55.8 Å². The van der Waals surface area contributed by atoms with Crippen LogP contribution in [0.4, 0.5) is 8.78 Å². The lowest BCUT2D eigenvalue weighted by Crippen LogP contribution is -2.09. The maximum atomic E-state index is 12.9. The van der Waals surface area contributed by atoms with Crippen molar-refractivity contribution in [1.82, 2.24) is 0 Å². The van der Waals surface area contributed by atoms with E-state index in [2.05, 4.69) is 0 Å². The van der Waals surface area contributed by atoms with Gasteiger partial charge >= 0.3 is 5.97 Å². The van der Waals surface area contributed by atoms with Crippen LogP contribution < -0.4 is 9.47 Å². The molecule has 1 N–H and O–H groups in total. The largest absolute Gasteiger partial charge is 0.490 e. The highest BCUT2D eigenvalue weighted by Crippen LogP contribution is 2.16. The lowest BCUT2D eigenvalue weighted by Gasteiger charge is -2.08. The molecule has 0 saturated carbocycles. The number of carbonyl (C=O) groups is 1. The molecule has 0 aromatic heterocycles. The molecule has 0 unspecified atom stereocenters. The van der Waals surface area contributed by atoms with Crippen molar-refractivity contribution in [3.05, 3.63) is 59.7 Å². The van der Waals surface area contributed by atoms with Crippen molar-refractivity contribution in [2.24, 2.45) is 0 Å². The smallest absolute Gasteiger partial charge is 0.335 e. The highest BCUT2D eigenvalue weighted by Gasteiger charge is 2.03. The Morgan fingerprint density at radius 1 is 0.905 bits per heavy atom. The molecule has 21 heavy (non-hydrogen) atoms. The zero-order chi connectivity index (χ0) is 15.2. The summed E-state index contributed by atoms with van der Waals surface area (Å²) in [5.74, 6) is -1.88. The number of rotatable bonds is 6. The van der Waals surface area contributed by atoms with Gasteiger partial charge in [-0.15, -0.1) is 0 Å². The Morgan fingerprint density at radius 2 is 1.43 bits per heavy atom. The SMILES string of the molecule is O=C(O)c1ccc(OCCOc2cc(F)cc(F)c2)cc1. The number of carboxylic acid groups (broad SMARTS) is 1. The minimum atomic E-state index is -1.02. The van der Waals surface area contributed by atoms with Gasteiger partial charge in [0.2, 0.25) is 0 Å². The summed E-state index contributed by atoms with van der Waals surface area (Å²) in [6.45, 7) is 0.258. The minimum absolute atomic E-state index is 0.0809. The van der Waals surface area contributed by atoms with Crippen LogP contribution in [0.1, 0.15) is 10.4 Å². The molecule has 0 aliphatic rings. The molecule has 0 fully saturated rings. The van der Waals surface area contributed by atoms with E-state index in [0.717, 1.165) is 18.2 Å². The molecular formula is C15H12F2O4. The number of hydrogen-bond donors (Lipinski definition) is 1. The van der Waals surface area contributed by atoms with E-state index in [-0.39, 0.29) is 24.5 Å². The molecule has 110 valence electrons. The molecule has 2 aromatic carbocycles. The third-order valence-electron chi connectivity index (χ3n) is 2.56. The normalized spacial score (nSPS) is 10.2. The second-order valence-electron chi connectivity index (χ2n) is 4.13. The van der Waals surface area contributed by atoms with Crippen LogP contribution in [0.3, 0.4) is 0 Å². The molecule has 0 aliphatic carbocycles. The van der Waals surface area contributed by atoms with Gasteiger partial charge in [-0.1, -0.05) is 0 Å². The van der Waals surface area contributed by atoms with E-state index in [1.54, 1.807) is 0 Å². The summed E-state index contributed by atoms with van der Waals surface area (Å²) in [5, 5.41) is 8.74. The number of ether oxygens (including phenoxy) is 2. The first kappa shape index (κ1) is 14.8. The van der Waals surface area contributed by atoms with Gasteiger partial charge in [0.05, 0.1) is 5.56 Å². The molecular weight excluding hydrogens is 282 g/mol. The Balaban J connectivity index is 1.80. The molecule has 0 atom stereocenters. The first-order valence-corrected chi connectivity index (χ1v) is 6.09. The van der Waals surface area contributed by atoms with Crippen LogP contribution in [0, 0.1) is 11.6 Å². The molecule has 0 saturated heterocycles. The van der Waals surface area contributed by atoms with Gasteiger partial charge in [-0.3, -0.25) is 0 Å². The number of aromatic carboxylic acids is 1. The molecule has 0 spiro atoms. The first-order chi connectivity index (χ1) is 10.0. The Kier molecular flexibility index (Phi) is 4.71. The minimum Gasteiger partial charge on any atom is -0.490 e. The van der Waals surface area contributed by atoms with Gasteiger partial charge in [0.25, 0.3) is 0 Å². The molecule has 0 bridgehead atoms. The van der Waals surface area contributed by atoms with Crippen molar-refractivity contribution in [2.45, 2.75) is 0 Å². The summed E-state index contributed by atoms with van der Waals surface area (Å²) in [4.78, 5) is 10.7. The number of carboxylic acids is 1. The summed E-state index contributed by atoms with van der Waals surface area (Å²) in [6, 6.07) is 8.78. The van der Waals surface area contributed by atoms with Gasteiger partial charge in [0.1, 0.15) is 36.3 Å². The summed E-state index contributed by atoms with van der Waals surface area (Å²) < 4.78 is 36.3. The fraction of sp³-hybridized carbons (Fsp3) is 0.133. The quantitative estimate of drug-likeness (QED) is 0.832. The third kappa shape index (κ3) is 4.45. The molecule has 0 aliphatic heterocycles. The highest BCUT2D eigenvalue weighted by molar-refractivity contribution is 5.87. The van der Waals surface area contributed by atoms with Gasteiger partial charge < -0.3 is 14.6 Å². The predicted octanol–water partition coefficient (Wildman–Crippen LogP) is 3.12. The number of hydrogen-bond acceptors (Lipinski definition) is 3. The molecule has 4 nitrogen and oxygen atoms in total. The van der Waals surface area contributed by atoms with Crippen molar-refractivity contribution >= 4 is 5.97 Å². The van der Waals surface area contributed by atoms with Crippen LogP contribution in [0.2, 0.25) is 0 Å². The van der Waals surface area contributed by atoms with Crippen LogP contribution in [0.25, 0.3) is 0 Å². The first-order valence-electron chi connectivity index (χ1n) is 6.09. The number of benzene rings is 2. The van der Waals surface area contributed by atoms with Crippen LogP contribution in [-0.4, -0.2) is 24.3 Å². The standard InChI is InChI=1S/C15H12F2O4/c16-11-7-12(17)9-14(8-11)21-6-5-20-13-3-1-10(2-4-13)15(18)19/h1-4,7-9H,5-6H2,(H,18,19). The Bertz CT molecular complexity index is 606. The summed E-state index contributed by atoms with van der Waals surface area (Å²) >= 11 is 0. The molecule has 6 heteroatoms. The van der Waals surface area contributed by atoms with Crippen LogP contribution >= 0.6 is 0 Å². The van der Waals surface area contributed by atoms with Gasteiger partial charge in [-0.2, -0.15) is 0 Å². The maximum absolute atomic E-state index is 12.9. The van der Waals surface area contributed by atoms with Gasteiger partial charge in [0.15, 0.2) is 0 Å². The van der Waals surface area contributed by atoms with E-state index in [4.69, 9.17) is 14.6 Å². The fourth-order valence-corrected chi connectivity index (χ4v) is 1.62. The van der Waals surface area contributed by atoms with E-state index in [0.29, 0.717) is 5.75 Å². The van der Waals surface area contributed by atoms with E-state index in [1.165, 1.54) is 24.3 Å². The maximum Gasteiger partial charge on any atom is 0.335 e. The van der Waals surface area contributed by atoms with Gasteiger partial charge in [0, 0.05) is 18.2 Å². The van der Waals surface area contributed by atoms with Gasteiger partial charge in [-0.05, 0) is 24.3 Å². The Hall–Kier alpha value is -2.63. The van der Waals surface area contributed by atoms with Crippen LogP contribution in [0.15, 0.2) is 42.5 Å². The average molecular weight is 294 g/mol. The van der Waals surface area contributed by atoms with Crippen molar-refractivity contribution in [1.29, 1.82) is 0 Å². The van der Waals surface area contributed by atoms with E-state index < -0.39 is 17.6 Å². The summed E-state index contributed by atoms with van der Waals surface area (Å²) in [6.07, 6.45) is 0. The van der Waals surface area contributed by atoms with Crippen molar-refractivity contribution in [3.63, 3.8) is 0 Å². The average Bonchev–Trinajstić information content (AvgIpc) is 2.43. The zero-order valence-electron chi connectivity index (χ0n) is 10.9. The Morgan fingerprint density at radius 3 is 1.95 bits per heavy atom. The van der Waals surface area contributed by atoms with Crippen molar-refractivity contribution in [2.75, 3.05) is 13.2 Å². The summed E-state index contributed by atoms with van der Waals surface area (Å²) in [5.41, 5.74) is 0.161. The summed E-state index contributed by atoms with van der Waals surface area (Å²) in [7, 11) is 0. The van der Waals surface area contributed by atoms with Crippen molar-refractivity contribution < 1.29 is 28.2 Å². The molecule has 2 rings (SSSR count). The van der Waals surface area contributed by atoms with E-state index in [1.807, 2.05) is 0 Å². The number of halogens is 2. The van der Waals surface area contributed by atoms with E-state index >= 15 is 0 Å². The molecule has 0 radical (unpaired) electrons. The monoisotopic (exact) mass is 294 g/mol. The fourth-order valence-electron chi connectivity index (χ4n) is 1.62. The third-order valence-corrected chi connectivity index (χ3v) is 2.56. The molecule has 0 heterocycles. The lowest BCUT2D eigenvalue weighted by atomic mass is 10.2. The van der Waals surface area contributed by atoms with Gasteiger partial charge in [-0.25, -0.2) is 13.6 Å². The highest BCUT2D eigenvalue weighted by atomic mass is 19.1.